The van der Waals surface area contributed by atoms with E-state index >= 15 is 0 Å². The summed E-state index contributed by atoms with van der Waals surface area (Å²) in [7, 11) is 1.52. The van der Waals surface area contributed by atoms with Crippen molar-refractivity contribution in [1.29, 1.82) is 0 Å². The first-order valence-corrected chi connectivity index (χ1v) is 9.36. The summed E-state index contributed by atoms with van der Waals surface area (Å²) in [5.74, 6) is -0.866. The zero-order valence-electron chi connectivity index (χ0n) is 16.9. The molecule has 7 nitrogen and oxygen atoms in total. The SMILES string of the molecule is CCc1ccccc1NC(=O)CNC(=O)COC(=O)Cc1cc(C)ccc1OC. The van der Waals surface area contributed by atoms with Gasteiger partial charge in [0.25, 0.3) is 5.91 Å². The van der Waals surface area contributed by atoms with Gasteiger partial charge in [0.05, 0.1) is 20.1 Å². The Kier molecular flexibility index (Phi) is 8.21. The second kappa shape index (κ2) is 10.8. The van der Waals surface area contributed by atoms with Gasteiger partial charge in [0, 0.05) is 11.3 Å². The number of amides is 2. The lowest BCUT2D eigenvalue weighted by molar-refractivity contribution is -0.147. The smallest absolute Gasteiger partial charge is 0.310 e. The quantitative estimate of drug-likeness (QED) is 0.633. The molecule has 0 fully saturated rings. The van der Waals surface area contributed by atoms with Crippen molar-refractivity contribution in [2.45, 2.75) is 26.7 Å². The second-order valence-corrected chi connectivity index (χ2v) is 6.49. The van der Waals surface area contributed by atoms with Crippen LogP contribution in [0, 0.1) is 6.92 Å². The van der Waals surface area contributed by atoms with Crippen molar-refractivity contribution >= 4 is 23.5 Å². The van der Waals surface area contributed by atoms with Crippen LogP contribution in [0.3, 0.4) is 0 Å². The molecule has 2 N–H and O–H groups in total. The predicted molar refractivity (Wildman–Crippen MR) is 110 cm³/mol. The third-order valence-corrected chi connectivity index (χ3v) is 4.25. The van der Waals surface area contributed by atoms with Gasteiger partial charge < -0.3 is 20.1 Å². The van der Waals surface area contributed by atoms with E-state index in [0.29, 0.717) is 17.0 Å². The van der Waals surface area contributed by atoms with E-state index in [1.807, 2.05) is 44.2 Å². The van der Waals surface area contributed by atoms with E-state index in [9.17, 15) is 14.4 Å². The minimum absolute atomic E-state index is 0.00752. The lowest BCUT2D eigenvalue weighted by Gasteiger charge is -2.11. The normalized spacial score (nSPS) is 10.2. The standard InChI is InChI=1S/C22H26N2O5/c1-4-16-7-5-6-8-18(16)24-20(25)13-23-21(26)14-29-22(27)12-17-11-15(2)9-10-19(17)28-3/h5-11H,4,12-14H2,1-3H3,(H,23,26)(H,24,25). The number of nitrogens with one attached hydrogen (secondary N) is 2. The Labute approximate surface area is 170 Å². The van der Waals surface area contributed by atoms with Crippen molar-refractivity contribution in [3.05, 3.63) is 59.2 Å². The van der Waals surface area contributed by atoms with Crippen LogP contribution in [0.2, 0.25) is 0 Å². The number of anilines is 1. The summed E-state index contributed by atoms with van der Waals surface area (Å²) in [6.07, 6.45) is 0.775. The first-order chi connectivity index (χ1) is 13.9. The average molecular weight is 398 g/mol. The van der Waals surface area contributed by atoms with Gasteiger partial charge in [-0.05, 0) is 31.0 Å². The summed E-state index contributed by atoms with van der Waals surface area (Å²) in [5.41, 5.74) is 3.40. The van der Waals surface area contributed by atoms with Gasteiger partial charge in [-0.25, -0.2) is 0 Å². The first kappa shape index (κ1) is 21.9. The number of hydrogen-bond donors (Lipinski definition) is 2. The lowest BCUT2D eigenvalue weighted by atomic mass is 10.1. The van der Waals surface area contributed by atoms with E-state index in [1.165, 1.54) is 7.11 Å². The highest BCUT2D eigenvalue weighted by Gasteiger charge is 2.13. The third kappa shape index (κ3) is 6.95. The van der Waals surface area contributed by atoms with Crippen LogP contribution >= 0.6 is 0 Å². The molecule has 0 atom stereocenters. The van der Waals surface area contributed by atoms with Crippen molar-refractivity contribution in [3.8, 4) is 5.75 Å². The number of ether oxygens (including phenoxy) is 2. The molecule has 0 heterocycles. The molecule has 154 valence electrons. The molecule has 0 aliphatic heterocycles. The summed E-state index contributed by atoms with van der Waals surface area (Å²) >= 11 is 0. The van der Waals surface area contributed by atoms with Crippen LogP contribution in [0.4, 0.5) is 5.69 Å². The van der Waals surface area contributed by atoms with E-state index in [0.717, 1.165) is 17.5 Å². The van der Waals surface area contributed by atoms with Gasteiger partial charge in [0.2, 0.25) is 5.91 Å². The highest BCUT2D eigenvalue weighted by Crippen LogP contribution is 2.20. The number of benzene rings is 2. The molecule has 2 amide bonds. The monoisotopic (exact) mass is 398 g/mol. The molecule has 0 unspecified atom stereocenters. The summed E-state index contributed by atoms with van der Waals surface area (Å²) in [5, 5.41) is 5.20. The molecule has 7 heteroatoms. The largest absolute Gasteiger partial charge is 0.496 e. The number of carbonyl (C=O) groups is 3. The Hall–Kier alpha value is -3.35. The van der Waals surface area contributed by atoms with E-state index in [1.54, 1.807) is 12.1 Å². The number of para-hydroxylation sites is 1. The summed E-state index contributed by atoms with van der Waals surface area (Å²) in [6.45, 7) is 3.24. The van der Waals surface area contributed by atoms with E-state index in [-0.39, 0.29) is 18.9 Å². The van der Waals surface area contributed by atoms with Gasteiger partial charge in [-0.3, -0.25) is 14.4 Å². The van der Waals surface area contributed by atoms with E-state index < -0.39 is 18.5 Å². The molecular weight excluding hydrogens is 372 g/mol. The molecule has 29 heavy (non-hydrogen) atoms. The molecule has 0 spiro atoms. The summed E-state index contributed by atoms with van der Waals surface area (Å²) < 4.78 is 10.2. The van der Waals surface area contributed by atoms with Gasteiger partial charge in [0.15, 0.2) is 6.61 Å². The van der Waals surface area contributed by atoms with Crippen molar-refractivity contribution in [1.82, 2.24) is 5.32 Å². The third-order valence-electron chi connectivity index (χ3n) is 4.25. The van der Waals surface area contributed by atoms with Gasteiger partial charge in [-0.15, -0.1) is 0 Å². The van der Waals surface area contributed by atoms with Crippen molar-refractivity contribution < 1.29 is 23.9 Å². The Morgan fingerprint density at radius 2 is 1.76 bits per heavy atom. The van der Waals surface area contributed by atoms with E-state index in [2.05, 4.69) is 10.6 Å². The molecule has 0 saturated carbocycles. The maximum Gasteiger partial charge on any atom is 0.310 e. The molecule has 0 aliphatic rings. The van der Waals surface area contributed by atoms with Crippen LogP contribution in [0.15, 0.2) is 42.5 Å². The minimum atomic E-state index is -0.551. The van der Waals surface area contributed by atoms with Crippen LogP contribution in [-0.2, 0) is 32.0 Å². The number of aryl methyl sites for hydroxylation is 2. The van der Waals surface area contributed by atoms with Crippen LogP contribution in [0.1, 0.15) is 23.6 Å². The molecular formula is C22H26N2O5. The molecule has 0 radical (unpaired) electrons. The van der Waals surface area contributed by atoms with E-state index in [4.69, 9.17) is 9.47 Å². The molecule has 2 aromatic rings. The fourth-order valence-corrected chi connectivity index (χ4v) is 2.77. The van der Waals surface area contributed by atoms with Crippen molar-refractivity contribution in [2.24, 2.45) is 0 Å². The zero-order valence-corrected chi connectivity index (χ0v) is 16.9. The Bertz CT molecular complexity index is 879. The number of methoxy groups -OCH3 is 1. The van der Waals surface area contributed by atoms with Crippen LogP contribution in [0.25, 0.3) is 0 Å². The van der Waals surface area contributed by atoms with Crippen LogP contribution < -0.4 is 15.4 Å². The Balaban J connectivity index is 1.76. The fourth-order valence-electron chi connectivity index (χ4n) is 2.77. The maximum absolute atomic E-state index is 12.0. The Morgan fingerprint density at radius 3 is 2.48 bits per heavy atom. The van der Waals surface area contributed by atoms with Gasteiger partial charge in [-0.2, -0.15) is 0 Å². The zero-order chi connectivity index (χ0) is 21.2. The number of hydrogen-bond acceptors (Lipinski definition) is 5. The number of rotatable bonds is 9. The molecule has 2 rings (SSSR count). The first-order valence-electron chi connectivity index (χ1n) is 9.36. The lowest BCUT2D eigenvalue weighted by Crippen LogP contribution is -2.35. The predicted octanol–water partition coefficient (Wildman–Crippen LogP) is 2.41. The van der Waals surface area contributed by atoms with Crippen molar-refractivity contribution in [2.75, 3.05) is 25.6 Å². The van der Waals surface area contributed by atoms with Crippen molar-refractivity contribution in [3.63, 3.8) is 0 Å². The number of esters is 1. The fraction of sp³-hybridized carbons (Fsp3) is 0.318. The Morgan fingerprint density at radius 1 is 1.00 bits per heavy atom. The molecule has 2 aromatic carbocycles. The van der Waals surface area contributed by atoms with Gasteiger partial charge in [-0.1, -0.05) is 42.8 Å². The van der Waals surface area contributed by atoms with Gasteiger partial charge >= 0.3 is 5.97 Å². The van der Waals surface area contributed by atoms with Gasteiger partial charge in [0.1, 0.15) is 5.75 Å². The minimum Gasteiger partial charge on any atom is -0.496 e. The highest BCUT2D eigenvalue weighted by molar-refractivity contribution is 5.95. The highest BCUT2D eigenvalue weighted by atomic mass is 16.5. The molecule has 0 aromatic heterocycles. The maximum atomic E-state index is 12.0. The second-order valence-electron chi connectivity index (χ2n) is 6.49. The van der Waals surface area contributed by atoms with Crippen LogP contribution in [-0.4, -0.2) is 38.0 Å². The average Bonchev–Trinajstić information content (AvgIpc) is 2.71. The topological polar surface area (TPSA) is 93.7 Å². The summed E-state index contributed by atoms with van der Waals surface area (Å²) in [4.78, 5) is 35.9. The molecule has 0 bridgehead atoms. The summed E-state index contributed by atoms with van der Waals surface area (Å²) in [6, 6.07) is 13.0. The molecule has 0 saturated heterocycles. The van der Waals surface area contributed by atoms with Crippen LogP contribution in [0.5, 0.6) is 5.75 Å². The molecule has 0 aliphatic carbocycles. The number of carbonyl (C=O) groups excluding carboxylic acids is 3.